The van der Waals surface area contributed by atoms with Crippen LogP contribution in [0.4, 0.5) is 17.1 Å². The molecule has 0 amide bonds. The first kappa shape index (κ1) is 39.4. The minimum absolute atomic E-state index is 0.0253. The molecule has 1 heteroatoms. The summed E-state index contributed by atoms with van der Waals surface area (Å²) in [5.74, 6) is 0.485. The molecular weight excluding hydrogens is 711 g/mol. The van der Waals surface area contributed by atoms with E-state index in [0.717, 1.165) is 41.0 Å². The van der Waals surface area contributed by atoms with Crippen molar-refractivity contribution in [3.63, 3.8) is 0 Å². The average Bonchev–Trinajstić information content (AvgIpc) is 3.50. The summed E-state index contributed by atoms with van der Waals surface area (Å²) in [5, 5.41) is 0. The highest BCUT2D eigenvalue weighted by atomic mass is 15.1. The Labute approximate surface area is 352 Å². The largest absolute Gasteiger partial charge is 0.310 e. The van der Waals surface area contributed by atoms with Crippen LogP contribution < -0.4 is 4.90 Å². The van der Waals surface area contributed by atoms with Crippen LogP contribution in [0.25, 0.3) is 50.1 Å². The quantitative estimate of drug-likeness (QED) is 0.112. The smallest absolute Gasteiger partial charge is 0.0467 e. The molecule has 1 aliphatic carbocycles. The van der Waals surface area contributed by atoms with E-state index in [4.69, 9.17) is 0 Å². The van der Waals surface area contributed by atoms with E-state index in [1.807, 2.05) is 6.08 Å². The number of hydrogen-bond acceptors (Lipinski definition) is 1. The molecule has 292 valence electrons. The summed E-state index contributed by atoms with van der Waals surface area (Å²) in [6.45, 7) is 17.7. The molecule has 0 aliphatic heterocycles. The van der Waals surface area contributed by atoms with Crippen LogP contribution in [-0.4, -0.2) is 0 Å². The molecular formula is C58H55N. The van der Waals surface area contributed by atoms with Crippen molar-refractivity contribution >= 4 is 22.6 Å². The summed E-state index contributed by atoms with van der Waals surface area (Å²) in [7, 11) is 0. The van der Waals surface area contributed by atoms with E-state index in [1.54, 1.807) is 0 Å². The fourth-order valence-electron chi connectivity index (χ4n) is 9.04. The Balaban J connectivity index is 1.24. The maximum Gasteiger partial charge on any atom is 0.0467 e. The second-order valence-electron chi connectivity index (χ2n) is 16.5. The third-order valence-corrected chi connectivity index (χ3v) is 12.5. The number of fused-ring (bicyclic) bond motifs is 3. The molecule has 1 unspecified atom stereocenters. The van der Waals surface area contributed by atoms with Gasteiger partial charge in [-0.1, -0.05) is 181 Å². The first-order valence-corrected chi connectivity index (χ1v) is 21.3. The predicted molar refractivity (Wildman–Crippen MR) is 256 cm³/mol. The van der Waals surface area contributed by atoms with Gasteiger partial charge in [0.2, 0.25) is 0 Å². The van der Waals surface area contributed by atoms with Gasteiger partial charge in [0.25, 0.3) is 0 Å². The SMILES string of the molecule is C=C/C=C(\C=C/CC)c1ccc(N(c2cccc(-c3ccc4c(c3)-c3ccccc3C4(C)C)c2)c2cccc(-c3cccc(-c4ccccc4C(C)CC)c3C)c2)cc1. The molecule has 8 rings (SSSR count). The van der Waals surface area contributed by atoms with E-state index in [0.29, 0.717) is 5.92 Å². The van der Waals surface area contributed by atoms with E-state index in [2.05, 4.69) is 229 Å². The van der Waals surface area contributed by atoms with Gasteiger partial charge in [-0.25, -0.2) is 0 Å². The summed E-state index contributed by atoms with van der Waals surface area (Å²) in [4.78, 5) is 2.40. The van der Waals surface area contributed by atoms with E-state index >= 15 is 0 Å². The molecule has 0 heterocycles. The van der Waals surface area contributed by atoms with Gasteiger partial charge in [0.1, 0.15) is 0 Å². The zero-order chi connectivity index (χ0) is 41.1. The van der Waals surface area contributed by atoms with Crippen molar-refractivity contribution in [2.45, 2.75) is 65.7 Å². The molecule has 0 spiro atoms. The topological polar surface area (TPSA) is 3.24 Å². The van der Waals surface area contributed by atoms with Gasteiger partial charge in [-0.15, -0.1) is 0 Å². The average molecular weight is 766 g/mol. The van der Waals surface area contributed by atoms with Gasteiger partial charge in [-0.05, 0) is 146 Å². The van der Waals surface area contributed by atoms with Crippen molar-refractivity contribution in [1.29, 1.82) is 0 Å². The lowest BCUT2D eigenvalue weighted by molar-refractivity contribution is 0.660. The number of benzene rings is 7. The molecule has 0 radical (unpaired) electrons. The molecule has 0 N–H and O–H groups in total. The van der Waals surface area contributed by atoms with Gasteiger partial charge < -0.3 is 4.90 Å². The number of anilines is 3. The Kier molecular flexibility index (Phi) is 11.2. The zero-order valence-corrected chi connectivity index (χ0v) is 35.5. The third-order valence-electron chi connectivity index (χ3n) is 12.5. The van der Waals surface area contributed by atoms with Crippen LogP contribution in [0.1, 0.15) is 81.2 Å². The molecule has 0 saturated carbocycles. The fraction of sp³-hybridized carbons (Fsp3) is 0.172. The van der Waals surface area contributed by atoms with Crippen LogP contribution in [0.2, 0.25) is 0 Å². The Morgan fingerprint density at radius 3 is 1.93 bits per heavy atom. The van der Waals surface area contributed by atoms with Gasteiger partial charge in [-0.2, -0.15) is 0 Å². The van der Waals surface area contributed by atoms with Crippen LogP contribution in [0.15, 0.2) is 189 Å². The Hall–Kier alpha value is -6.44. The maximum atomic E-state index is 3.99. The van der Waals surface area contributed by atoms with Gasteiger partial charge in [0, 0.05) is 22.5 Å². The number of nitrogens with zero attached hydrogens (tertiary/aromatic N) is 1. The molecule has 0 saturated heterocycles. The van der Waals surface area contributed by atoms with Crippen molar-refractivity contribution in [2.24, 2.45) is 0 Å². The summed E-state index contributed by atoms with van der Waals surface area (Å²) >= 11 is 0. The minimum atomic E-state index is -0.0253. The van der Waals surface area contributed by atoms with E-state index < -0.39 is 0 Å². The van der Waals surface area contributed by atoms with Crippen LogP contribution in [-0.2, 0) is 5.41 Å². The van der Waals surface area contributed by atoms with Gasteiger partial charge in [-0.3, -0.25) is 0 Å². The van der Waals surface area contributed by atoms with Crippen LogP contribution in [0.5, 0.6) is 0 Å². The molecule has 0 aromatic heterocycles. The Morgan fingerprint density at radius 1 is 0.593 bits per heavy atom. The fourth-order valence-corrected chi connectivity index (χ4v) is 9.04. The second kappa shape index (κ2) is 16.8. The summed E-state index contributed by atoms with van der Waals surface area (Å²) < 4.78 is 0. The third kappa shape index (κ3) is 7.54. The van der Waals surface area contributed by atoms with E-state index in [-0.39, 0.29) is 5.41 Å². The highest BCUT2D eigenvalue weighted by Crippen LogP contribution is 2.50. The highest BCUT2D eigenvalue weighted by Gasteiger charge is 2.35. The Morgan fingerprint density at radius 2 is 1.20 bits per heavy atom. The normalized spacial score (nSPS) is 13.6. The zero-order valence-electron chi connectivity index (χ0n) is 35.5. The molecule has 1 nitrogen and oxygen atoms in total. The van der Waals surface area contributed by atoms with E-state index in [9.17, 15) is 0 Å². The first-order valence-electron chi connectivity index (χ1n) is 21.3. The minimum Gasteiger partial charge on any atom is -0.310 e. The van der Waals surface area contributed by atoms with Crippen LogP contribution in [0.3, 0.4) is 0 Å². The number of hydrogen-bond donors (Lipinski definition) is 0. The van der Waals surface area contributed by atoms with Crippen molar-refractivity contribution in [1.82, 2.24) is 0 Å². The second-order valence-corrected chi connectivity index (χ2v) is 16.5. The lowest BCUT2D eigenvalue weighted by atomic mass is 9.82. The molecule has 7 aromatic carbocycles. The molecule has 0 fully saturated rings. The first-order chi connectivity index (χ1) is 28.7. The lowest BCUT2D eigenvalue weighted by Crippen LogP contribution is -2.14. The van der Waals surface area contributed by atoms with Crippen molar-refractivity contribution in [3.05, 3.63) is 216 Å². The Bertz CT molecular complexity index is 2700. The molecule has 7 aromatic rings. The monoisotopic (exact) mass is 765 g/mol. The molecule has 1 aliphatic rings. The van der Waals surface area contributed by atoms with Crippen molar-refractivity contribution in [3.8, 4) is 44.5 Å². The van der Waals surface area contributed by atoms with Gasteiger partial charge in [0.15, 0.2) is 0 Å². The van der Waals surface area contributed by atoms with Crippen molar-refractivity contribution in [2.75, 3.05) is 4.90 Å². The standard InChI is InChI=1S/C58H55N/c1-8-11-20-42(19-9-2)43-31-34-47(35-32-43)59(48-23-16-21-44(37-48)45-33-36-57-55(39-45)54-27-14-15-30-56(54)58(57,6)7)49-24-17-22-46(38-49)51-28-18-29-52(41(51)5)53-26-13-12-25-50(53)40(4)10-3/h9,11-40H,2,8,10H2,1,3-7H3/b20-11-,42-19+. The molecule has 59 heavy (non-hydrogen) atoms. The maximum absolute atomic E-state index is 3.99. The lowest BCUT2D eigenvalue weighted by Gasteiger charge is -2.27. The molecule has 1 atom stereocenters. The summed E-state index contributed by atoms with van der Waals surface area (Å²) in [5.41, 5.74) is 21.2. The molecule has 0 bridgehead atoms. The summed E-state index contributed by atoms with van der Waals surface area (Å²) in [6.07, 6.45) is 10.4. The van der Waals surface area contributed by atoms with Crippen molar-refractivity contribution < 1.29 is 0 Å². The number of allylic oxidation sites excluding steroid dienone is 5. The van der Waals surface area contributed by atoms with Crippen LogP contribution >= 0.6 is 0 Å². The number of rotatable bonds is 12. The summed E-state index contributed by atoms with van der Waals surface area (Å²) in [6, 6.07) is 58.7. The van der Waals surface area contributed by atoms with E-state index in [1.165, 1.54) is 66.8 Å². The predicted octanol–water partition coefficient (Wildman–Crippen LogP) is 16.8. The van der Waals surface area contributed by atoms with Gasteiger partial charge >= 0.3 is 0 Å². The van der Waals surface area contributed by atoms with Gasteiger partial charge in [0.05, 0.1) is 0 Å². The van der Waals surface area contributed by atoms with Crippen LogP contribution in [0, 0.1) is 6.92 Å². The highest BCUT2D eigenvalue weighted by molar-refractivity contribution is 5.88.